The van der Waals surface area contributed by atoms with Crippen LogP contribution in [0.3, 0.4) is 0 Å². The molecular formula is C28H38FN3O5Si. The number of carbonyl (C=O) groups excluding carboxylic acids is 1. The second-order valence-electron chi connectivity index (χ2n) is 10.6. The van der Waals surface area contributed by atoms with E-state index in [0.717, 1.165) is 49.2 Å². The van der Waals surface area contributed by atoms with Crippen LogP contribution in [0, 0.1) is 5.82 Å². The van der Waals surface area contributed by atoms with Gasteiger partial charge in [0.05, 0.1) is 23.2 Å². The Hall–Kier alpha value is -3.27. The van der Waals surface area contributed by atoms with E-state index in [9.17, 15) is 19.1 Å². The van der Waals surface area contributed by atoms with Crippen LogP contribution in [0.4, 0.5) is 15.0 Å². The van der Waals surface area contributed by atoms with Crippen molar-refractivity contribution in [1.82, 2.24) is 9.97 Å². The van der Waals surface area contributed by atoms with E-state index in [1.807, 2.05) is 0 Å². The fourth-order valence-corrected chi connectivity index (χ4v) is 7.22. The quantitative estimate of drug-likeness (QED) is 0.315. The lowest BCUT2D eigenvalue weighted by molar-refractivity contribution is 0.0633. The smallest absolute Gasteiger partial charge is 0.413 e. The number of hydrogen-bond donors (Lipinski definition) is 2. The summed E-state index contributed by atoms with van der Waals surface area (Å²) >= 11 is 0. The molecule has 3 rings (SSSR count). The van der Waals surface area contributed by atoms with Crippen LogP contribution in [0.5, 0.6) is 0 Å². The van der Waals surface area contributed by atoms with Gasteiger partial charge in [-0.15, -0.1) is 0 Å². The maximum Gasteiger partial charge on any atom is 0.413 e. The fraction of sp³-hybridized carbons (Fsp3) is 0.500. The molecule has 0 spiro atoms. The zero-order valence-corrected chi connectivity index (χ0v) is 24.1. The van der Waals surface area contributed by atoms with E-state index >= 15 is 0 Å². The predicted octanol–water partition coefficient (Wildman–Crippen LogP) is 7.50. The molecule has 1 aromatic heterocycles. The molecule has 1 atom stereocenters. The van der Waals surface area contributed by atoms with Gasteiger partial charge in [0.2, 0.25) is 8.32 Å². The van der Waals surface area contributed by atoms with Gasteiger partial charge in [0.1, 0.15) is 17.1 Å². The van der Waals surface area contributed by atoms with Crippen molar-refractivity contribution in [2.75, 3.05) is 5.32 Å². The minimum Gasteiger partial charge on any atom is -0.547 e. The molecule has 38 heavy (non-hydrogen) atoms. The number of ether oxygens (including phenoxy) is 1. The lowest BCUT2D eigenvalue weighted by atomic mass is 9.90. The van der Waals surface area contributed by atoms with Gasteiger partial charge < -0.3 is 14.3 Å². The number of nitrogens with zero attached hydrogens (tertiary/aromatic N) is 2. The summed E-state index contributed by atoms with van der Waals surface area (Å²) in [6, 6.07) is 6.97. The normalized spacial score (nSPS) is 16.0. The number of halogens is 1. The van der Waals surface area contributed by atoms with Gasteiger partial charge in [0.25, 0.3) is 0 Å². The SMILES string of the molecule is CC[Si](CC)(CC)OC1=CCC(c2cnc(NC(=O)OC(C)(C)C)c(-c3ccc(C(=O)O)c(F)c3)n2)CC1. The minimum absolute atomic E-state index is 0.0771. The van der Waals surface area contributed by atoms with E-state index in [1.54, 1.807) is 27.0 Å². The largest absolute Gasteiger partial charge is 0.547 e. The second kappa shape index (κ2) is 12.1. The number of allylic oxidation sites excluding steroid dienone is 2. The number of hydrogen-bond acceptors (Lipinski definition) is 6. The van der Waals surface area contributed by atoms with Crippen LogP contribution in [0.2, 0.25) is 18.1 Å². The first-order chi connectivity index (χ1) is 17.9. The summed E-state index contributed by atoms with van der Waals surface area (Å²) in [7, 11) is -1.74. The maximum absolute atomic E-state index is 14.6. The van der Waals surface area contributed by atoms with Crippen molar-refractivity contribution in [3.05, 3.63) is 53.3 Å². The molecule has 0 saturated carbocycles. The van der Waals surface area contributed by atoms with E-state index in [2.05, 4.69) is 37.1 Å². The van der Waals surface area contributed by atoms with Crippen molar-refractivity contribution in [2.24, 2.45) is 0 Å². The Labute approximate surface area is 224 Å². The van der Waals surface area contributed by atoms with Crippen molar-refractivity contribution < 1.29 is 28.2 Å². The van der Waals surface area contributed by atoms with Crippen LogP contribution in [0.1, 0.15) is 82.8 Å². The lowest BCUT2D eigenvalue weighted by Crippen LogP contribution is -2.35. The molecule has 206 valence electrons. The van der Waals surface area contributed by atoms with Gasteiger partial charge >= 0.3 is 12.1 Å². The van der Waals surface area contributed by atoms with Crippen molar-refractivity contribution in [1.29, 1.82) is 0 Å². The Kier molecular flexibility index (Phi) is 9.30. The number of amides is 1. The van der Waals surface area contributed by atoms with Crippen LogP contribution in [0.25, 0.3) is 11.3 Å². The molecule has 2 aromatic rings. The zero-order valence-electron chi connectivity index (χ0n) is 23.1. The van der Waals surface area contributed by atoms with Crippen LogP contribution in [0.15, 0.2) is 36.2 Å². The van der Waals surface area contributed by atoms with E-state index in [1.165, 1.54) is 12.1 Å². The number of aromatic carboxylic acids is 1. The summed E-state index contributed by atoms with van der Waals surface area (Å²) in [4.78, 5) is 33.0. The average molecular weight is 544 g/mol. The summed E-state index contributed by atoms with van der Waals surface area (Å²) in [5.74, 6) is -1.03. The molecule has 0 bridgehead atoms. The first-order valence-corrected chi connectivity index (χ1v) is 15.7. The average Bonchev–Trinajstić information content (AvgIpc) is 2.86. The van der Waals surface area contributed by atoms with Crippen molar-refractivity contribution in [3.8, 4) is 11.3 Å². The van der Waals surface area contributed by atoms with Gasteiger partial charge in [-0.25, -0.2) is 23.9 Å². The molecule has 1 aliphatic carbocycles. The van der Waals surface area contributed by atoms with Crippen LogP contribution < -0.4 is 5.32 Å². The number of anilines is 1. The van der Waals surface area contributed by atoms with Gasteiger partial charge in [0, 0.05) is 17.9 Å². The summed E-state index contributed by atoms with van der Waals surface area (Å²) in [5, 5.41) is 11.8. The van der Waals surface area contributed by atoms with Gasteiger partial charge in [-0.05, 0) is 70.0 Å². The molecule has 1 unspecified atom stereocenters. The molecule has 0 saturated heterocycles. The highest BCUT2D eigenvalue weighted by Gasteiger charge is 2.32. The first kappa shape index (κ1) is 29.3. The molecule has 0 fully saturated rings. The van der Waals surface area contributed by atoms with E-state index < -0.39 is 37.4 Å². The summed E-state index contributed by atoms with van der Waals surface area (Å²) in [5.41, 5.74) is 0.0695. The van der Waals surface area contributed by atoms with E-state index in [0.29, 0.717) is 11.3 Å². The van der Waals surface area contributed by atoms with Crippen molar-refractivity contribution in [2.45, 2.75) is 90.5 Å². The number of carbonyl (C=O) groups is 2. The minimum atomic E-state index is -1.74. The number of rotatable bonds is 9. The standard InChI is InChI=1S/C28H38FN3O5Si/c1-7-38(8-2,9-3)37-20-13-10-18(11-14-20)23-17-30-25(32-27(35)36-28(4,5)6)24(31-23)19-12-15-21(26(33)34)22(29)16-19/h12-13,15-18H,7-11,14H2,1-6H3,(H,33,34)(H,30,32,35). The Morgan fingerprint density at radius 2 is 1.87 bits per heavy atom. The summed E-state index contributed by atoms with van der Waals surface area (Å²) in [6.45, 7) is 11.9. The number of carboxylic acid groups (broad SMARTS) is 1. The Morgan fingerprint density at radius 3 is 2.39 bits per heavy atom. The Bertz CT molecular complexity index is 1200. The molecule has 10 heteroatoms. The fourth-order valence-electron chi connectivity index (χ4n) is 4.54. The number of aromatic nitrogens is 2. The van der Waals surface area contributed by atoms with Gasteiger partial charge in [0.15, 0.2) is 5.82 Å². The highest BCUT2D eigenvalue weighted by Crippen LogP contribution is 2.36. The number of carboxylic acids is 1. The topological polar surface area (TPSA) is 111 Å². The molecular weight excluding hydrogens is 505 g/mol. The second-order valence-corrected chi connectivity index (χ2v) is 15.3. The monoisotopic (exact) mass is 543 g/mol. The van der Waals surface area contributed by atoms with Crippen LogP contribution in [-0.4, -0.2) is 41.1 Å². The molecule has 1 aliphatic rings. The van der Waals surface area contributed by atoms with Crippen molar-refractivity contribution >= 4 is 26.2 Å². The predicted molar refractivity (Wildman–Crippen MR) is 147 cm³/mol. The third-order valence-electron chi connectivity index (χ3n) is 6.95. The molecule has 1 amide bonds. The van der Waals surface area contributed by atoms with Gasteiger partial charge in [-0.3, -0.25) is 5.32 Å². The van der Waals surface area contributed by atoms with E-state index in [4.69, 9.17) is 14.1 Å². The zero-order chi connectivity index (χ0) is 28.1. The Balaban J connectivity index is 1.92. The third kappa shape index (κ3) is 7.18. The molecule has 0 radical (unpaired) electrons. The summed E-state index contributed by atoms with van der Waals surface area (Å²) in [6.07, 6.45) is 5.40. The molecule has 1 heterocycles. The molecule has 8 nitrogen and oxygen atoms in total. The van der Waals surface area contributed by atoms with Gasteiger partial charge in [-0.1, -0.05) is 26.8 Å². The molecule has 2 N–H and O–H groups in total. The third-order valence-corrected chi connectivity index (χ3v) is 11.5. The van der Waals surface area contributed by atoms with Crippen molar-refractivity contribution in [3.63, 3.8) is 0 Å². The maximum atomic E-state index is 14.6. The summed E-state index contributed by atoms with van der Waals surface area (Å²) < 4.78 is 26.5. The van der Waals surface area contributed by atoms with Crippen LogP contribution >= 0.6 is 0 Å². The lowest BCUT2D eigenvalue weighted by Gasteiger charge is -2.33. The van der Waals surface area contributed by atoms with Gasteiger partial charge in [-0.2, -0.15) is 0 Å². The van der Waals surface area contributed by atoms with Crippen LogP contribution in [-0.2, 0) is 9.16 Å². The Morgan fingerprint density at radius 1 is 1.18 bits per heavy atom. The highest BCUT2D eigenvalue weighted by molar-refractivity contribution is 6.73. The number of benzene rings is 1. The molecule has 1 aromatic carbocycles. The first-order valence-electron chi connectivity index (χ1n) is 13.2. The number of nitrogens with one attached hydrogen (secondary N) is 1. The molecule has 0 aliphatic heterocycles. The highest BCUT2D eigenvalue weighted by atomic mass is 28.4. The van der Waals surface area contributed by atoms with E-state index in [-0.39, 0.29) is 17.4 Å².